The average Bonchev–Trinajstić information content (AvgIpc) is 2.48. The maximum absolute atomic E-state index is 11.9. The standard InChI is InChI=1S/C16H15BrN2O/c1-12(13-6-3-2-4-7-13)11-18-19-16(20)14-8-5-9-15(17)10-14/h2-12H,1H3,(H,19,20)/b18-11-/t12-/m0/s1. The molecule has 0 aliphatic rings. The van der Waals surface area contributed by atoms with Crippen LogP contribution in [0.5, 0.6) is 0 Å². The average molecular weight is 331 g/mol. The first-order valence-electron chi connectivity index (χ1n) is 6.31. The van der Waals surface area contributed by atoms with E-state index in [1.54, 1.807) is 18.3 Å². The van der Waals surface area contributed by atoms with Gasteiger partial charge in [-0.15, -0.1) is 0 Å². The van der Waals surface area contributed by atoms with Gasteiger partial charge in [0, 0.05) is 22.2 Å². The summed E-state index contributed by atoms with van der Waals surface area (Å²) in [7, 11) is 0. The second kappa shape index (κ2) is 7.01. The number of hydrazone groups is 1. The molecule has 102 valence electrons. The molecule has 0 aliphatic heterocycles. The molecule has 0 saturated carbocycles. The van der Waals surface area contributed by atoms with Gasteiger partial charge in [0.2, 0.25) is 0 Å². The largest absolute Gasteiger partial charge is 0.271 e. The molecule has 0 fully saturated rings. The molecule has 0 saturated heterocycles. The van der Waals surface area contributed by atoms with Gasteiger partial charge < -0.3 is 0 Å². The minimum absolute atomic E-state index is 0.152. The Labute approximate surface area is 126 Å². The first-order chi connectivity index (χ1) is 9.66. The third-order valence-electron chi connectivity index (χ3n) is 2.88. The molecule has 20 heavy (non-hydrogen) atoms. The number of nitrogens with one attached hydrogen (secondary N) is 1. The smallest absolute Gasteiger partial charge is 0.267 e. The molecule has 0 bridgehead atoms. The van der Waals surface area contributed by atoms with Crippen molar-refractivity contribution in [3.8, 4) is 0 Å². The summed E-state index contributed by atoms with van der Waals surface area (Å²) in [6.07, 6.45) is 1.73. The summed E-state index contributed by atoms with van der Waals surface area (Å²) in [5.74, 6) is -0.0678. The zero-order chi connectivity index (χ0) is 14.4. The normalized spacial score (nSPS) is 12.3. The molecule has 2 rings (SSSR count). The molecule has 2 aromatic carbocycles. The zero-order valence-corrected chi connectivity index (χ0v) is 12.7. The van der Waals surface area contributed by atoms with Crippen LogP contribution in [0.4, 0.5) is 0 Å². The SMILES string of the molecule is C[C@@H](/C=N\NC(=O)c1cccc(Br)c1)c1ccccc1. The van der Waals surface area contributed by atoms with E-state index in [1.807, 2.05) is 49.4 Å². The lowest BCUT2D eigenvalue weighted by atomic mass is 10.0. The minimum atomic E-state index is -0.220. The molecule has 0 aliphatic carbocycles. The highest BCUT2D eigenvalue weighted by molar-refractivity contribution is 9.10. The lowest BCUT2D eigenvalue weighted by Crippen LogP contribution is -2.18. The molecule has 4 heteroatoms. The Kier molecular flexibility index (Phi) is 5.07. The van der Waals surface area contributed by atoms with Gasteiger partial charge in [0.15, 0.2) is 0 Å². The van der Waals surface area contributed by atoms with E-state index in [-0.39, 0.29) is 11.8 Å². The number of nitrogens with zero attached hydrogens (tertiary/aromatic N) is 1. The van der Waals surface area contributed by atoms with Gasteiger partial charge in [-0.3, -0.25) is 4.79 Å². The molecule has 1 N–H and O–H groups in total. The van der Waals surface area contributed by atoms with Gasteiger partial charge in [0.1, 0.15) is 0 Å². The fraction of sp³-hybridized carbons (Fsp3) is 0.125. The van der Waals surface area contributed by atoms with Crippen LogP contribution < -0.4 is 5.43 Å². The van der Waals surface area contributed by atoms with Crippen LogP contribution in [0.3, 0.4) is 0 Å². The molecule has 1 atom stereocenters. The number of halogens is 1. The van der Waals surface area contributed by atoms with E-state index in [0.717, 1.165) is 10.0 Å². The highest BCUT2D eigenvalue weighted by Gasteiger charge is 2.05. The van der Waals surface area contributed by atoms with Gasteiger partial charge >= 0.3 is 0 Å². The molecular weight excluding hydrogens is 316 g/mol. The molecule has 0 unspecified atom stereocenters. The van der Waals surface area contributed by atoms with Gasteiger partial charge in [-0.1, -0.05) is 59.3 Å². The predicted octanol–water partition coefficient (Wildman–Crippen LogP) is 3.97. The Balaban J connectivity index is 1.95. The van der Waals surface area contributed by atoms with Crippen LogP contribution in [0, 0.1) is 0 Å². The zero-order valence-electron chi connectivity index (χ0n) is 11.1. The third kappa shape index (κ3) is 4.03. The van der Waals surface area contributed by atoms with Gasteiger partial charge in [0.05, 0.1) is 0 Å². The van der Waals surface area contributed by atoms with Crippen molar-refractivity contribution in [1.82, 2.24) is 5.43 Å². The Morgan fingerprint density at radius 2 is 1.95 bits per heavy atom. The summed E-state index contributed by atoms with van der Waals surface area (Å²) in [5, 5.41) is 4.01. The van der Waals surface area contributed by atoms with E-state index in [4.69, 9.17) is 0 Å². The third-order valence-corrected chi connectivity index (χ3v) is 3.37. The summed E-state index contributed by atoms with van der Waals surface area (Å²) in [4.78, 5) is 11.9. The van der Waals surface area contributed by atoms with Crippen LogP contribution in [0.15, 0.2) is 64.2 Å². The van der Waals surface area contributed by atoms with E-state index >= 15 is 0 Å². The van der Waals surface area contributed by atoms with Gasteiger partial charge in [-0.2, -0.15) is 5.10 Å². The van der Waals surface area contributed by atoms with Crippen molar-refractivity contribution in [2.24, 2.45) is 5.10 Å². The lowest BCUT2D eigenvalue weighted by molar-refractivity contribution is 0.0955. The van der Waals surface area contributed by atoms with Crippen molar-refractivity contribution in [2.45, 2.75) is 12.8 Å². The summed E-state index contributed by atoms with van der Waals surface area (Å²) in [5.41, 5.74) is 4.27. The monoisotopic (exact) mass is 330 g/mol. The number of benzene rings is 2. The van der Waals surface area contributed by atoms with Crippen molar-refractivity contribution in [2.75, 3.05) is 0 Å². The Hall–Kier alpha value is -1.94. The highest BCUT2D eigenvalue weighted by atomic mass is 79.9. The topological polar surface area (TPSA) is 41.5 Å². The minimum Gasteiger partial charge on any atom is -0.267 e. The number of rotatable bonds is 4. The van der Waals surface area contributed by atoms with E-state index in [9.17, 15) is 4.79 Å². The number of carbonyl (C=O) groups is 1. The Bertz CT molecular complexity index is 611. The molecule has 0 radical (unpaired) electrons. The van der Waals surface area contributed by atoms with E-state index in [0.29, 0.717) is 5.56 Å². The fourth-order valence-corrected chi connectivity index (χ4v) is 2.14. The molecular formula is C16H15BrN2O. The van der Waals surface area contributed by atoms with Crippen molar-refractivity contribution < 1.29 is 4.79 Å². The van der Waals surface area contributed by atoms with Crippen molar-refractivity contribution in [3.05, 3.63) is 70.2 Å². The number of hydrogen-bond acceptors (Lipinski definition) is 2. The number of carbonyl (C=O) groups excluding carboxylic acids is 1. The fourth-order valence-electron chi connectivity index (χ4n) is 1.74. The molecule has 2 aromatic rings. The van der Waals surface area contributed by atoms with Crippen molar-refractivity contribution in [1.29, 1.82) is 0 Å². The maximum Gasteiger partial charge on any atom is 0.271 e. The van der Waals surface area contributed by atoms with Gasteiger partial charge in [-0.25, -0.2) is 5.43 Å². The number of amides is 1. The van der Waals surface area contributed by atoms with Crippen molar-refractivity contribution >= 4 is 28.1 Å². The van der Waals surface area contributed by atoms with Crippen LogP contribution in [0.2, 0.25) is 0 Å². The van der Waals surface area contributed by atoms with Crippen molar-refractivity contribution in [3.63, 3.8) is 0 Å². The van der Waals surface area contributed by atoms with Crippen LogP contribution >= 0.6 is 15.9 Å². The molecule has 0 spiro atoms. The summed E-state index contributed by atoms with van der Waals surface area (Å²) in [6, 6.07) is 17.2. The predicted molar refractivity (Wildman–Crippen MR) is 85.0 cm³/mol. The van der Waals surface area contributed by atoms with Crippen LogP contribution in [0.1, 0.15) is 28.8 Å². The van der Waals surface area contributed by atoms with Crippen LogP contribution in [-0.2, 0) is 0 Å². The Morgan fingerprint density at radius 3 is 2.65 bits per heavy atom. The van der Waals surface area contributed by atoms with E-state index in [1.165, 1.54) is 0 Å². The molecule has 0 heterocycles. The summed E-state index contributed by atoms with van der Waals surface area (Å²) >= 11 is 3.33. The maximum atomic E-state index is 11.9. The second-order valence-electron chi connectivity index (χ2n) is 4.43. The first kappa shape index (κ1) is 14.5. The van der Waals surface area contributed by atoms with E-state index in [2.05, 4.69) is 26.5 Å². The van der Waals surface area contributed by atoms with Crippen LogP contribution in [-0.4, -0.2) is 12.1 Å². The van der Waals surface area contributed by atoms with Gasteiger partial charge in [0.25, 0.3) is 5.91 Å². The molecule has 0 aromatic heterocycles. The quantitative estimate of drug-likeness (QED) is 0.668. The molecule has 1 amide bonds. The summed E-state index contributed by atoms with van der Waals surface area (Å²) < 4.78 is 0.867. The first-order valence-corrected chi connectivity index (χ1v) is 7.10. The number of hydrogen-bond donors (Lipinski definition) is 1. The highest BCUT2D eigenvalue weighted by Crippen LogP contribution is 2.12. The lowest BCUT2D eigenvalue weighted by Gasteiger charge is -2.05. The summed E-state index contributed by atoms with van der Waals surface area (Å²) in [6.45, 7) is 2.03. The van der Waals surface area contributed by atoms with E-state index < -0.39 is 0 Å². The Morgan fingerprint density at radius 1 is 1.20 bits per heavy atom. The van der Waals surface area contributed by atoms with Gasteiger partial charge in [-0.05, 0) is 23.8 Å². The molecule has 3 nitrogen and oxygen atoms in total. The van der Waals surface area contributed by atoms with Crippen LogP contribution in [0.25, 0.3) is 0 Å². The second-order valence-corrected chi connectivity index (χ2v) is 5.34.